The van der Waals surface area contributed by atoms with Gasteiger partial charge in [-0.3, -0.25) is 4.79 Å². The van der Waals surface area contributed by atoms with E-state index in [-0.39, 0.29) is 29.2 Å². The van der Waals surface area contributed by atoms with Crippen molar-refractivity contribution in [3.63, 3.8) is 0 Å². The highest BCUT2D eigenvalue weighted by Gasteiger charge is 2.46. The lowest BCUT2D eigenvalue weighted by Gasteiger charge is -2.48. The van der Waals surface area contributed by atoms with E-state index in [1.807, 2.05) is 25.2 Å². The van der Waals surface area contributed by atoms with Gasteiger partial charge in [-0.05, 0) is 119 Å². The number of halogens is 1. The summed E-state index contributed by atoms with van der Waals surface area (Å²) in [5.74, 6) is 1.02. The van der Waals surface area contributed by atoms with Gasteiger partial charge >= 0.3 is 0 Å². The number of anilines is 1. The van der Waals surface area contributed by atoms with E-state index in [9.17, 15) is 13.2 Å². The van der Waals surface area contributed by atoms with Crippen LogP contribution in [0.15, 0.2) is 48.6 Å². The van der Waals surface area contributed by atoms with Crippen LogP contribution < -0.4 is 19.7 Å². The Morgan fingerprint density at radius 1 is 1.04 bits per heavy atom. The zero-order valence-corrected chi connectivity index (χ0v) is 29.6. The molecule has 3 aliphatic heterocycles. The number of nitrogens with one attached hydrogen (secondary N) is 2. The number of aryl methyl sites for hydroxylation is 1. The Morgan fingerprint density at radius 2 is 1.85 bits per heavy atom. The molecule has 3 heterocycles. The maximum absolute atomic E-state index is 13.5. The van der Waals surface area contributed by atoms with Crippen molar-refractivity contribution in [2.24, 2.45) is 17.8 Å². The Morgan fingerprint density at radius 3 is 2.60 bits per heavy atom. The molecular weight excluding hydrogens is 650 g/mol. The average Bonchev–Trinajstić information content (AvgIpc) is 3.21. The third-order valence-electron chi connectivity index (χ3n) is 11.8. The van der Waals surface area contributed by atoms with E-state index in [2.05, 4.69) is 33.7 Å². The molecule has 2 N–H and O–H groups in total. The van der Waals surface area contributed by atoms with E-state index >= 15 is 0 Å². The fraction of sp³-hybridized carbons (Fsp3) is 0.595. The molecule has 1 spiro atoms. The lowest BCUT2D eigenvalue weighted by Crippen LogP contribution is -2.52. The highest BCUT2D eigenvalue weighted by atomic mass is 35.5. The van der Waals surface area contributed by atoms with Gasteiger partial charge in [0.15, 0.2) is 6.29 Å². The monoisotopic (exact) mass is 697 g/mol. The first-order valence-electron chi connectivity index (χ1n) is 17.5. The standard InChI is InChI=1S/C37H48ClN3O6S/c1-23-6-4-8-31(36-45-19-29(39-3)20-46-36)30-12-9-27(30)18-41-21-37(15-5-7-25-16-28(38)11-13-32(25)37)22-47-34-14-10-26(17-33(34)41)35(42)40-48(43,44)24(23)2/h10-11,13-14,16-17,24,27,29-31,36,39H,1,4-9,12,15,18-22H2,2-3H3,(H,40,42)/t24-,27+,29?,30-,31+,36?,37+/m1/s1. The zero-order chi connectivity index (χ0) is 33.6. The van der Waals surface area contributed by atoms with Gasteiger partial charge in [0.2, 0.25) is 10.0 Å². The predicted molar refractivity (Wildman–Crippen MR) is 187 cm³/mol. The summed E-state index contributed by atoms with van der Waals surface area (Å²) >= 11 is 6.46. The number of carbonyl (C=O) groups is 1. The number of benzene rings is 2. The molecule has 7 rings (SSSR count). The highest BCUT2D eigenvalue weighted by Crippen LogP contribution is 2.49. The molecule has 2 aliphatic carbocycles. The third-order valence-corrected chi connectivity index (χ3v) is 13.7. The normalized spacial score (nSPS) is 33.8. The number of hydrogen-bond donors (Lipinski definition) is 2. The van der Waals surface area contributed by atoms with Crippen molar-refractivity contribution in [3.05, 3.63) is 70.3 Å². The number of nitrogens with zero attached hydrogens (tertiary/aromatic N) is 1. The molecule has 2 fully saturated rings. The van der Waals surface area contributed by atoms with Crippen molar-refractivity contribution in [2.45, 2.75) is 81.3 Å². The van der Waals surface area contributed by atoms with Crippen molar-refractivity contribution >= 4 is 33.2 Å². The Hall–Kier alpha value is -2.63. The van der Waals surface area contributed by atoms with Crippen LogP contribution in [0.5, 0.6) is 5.75 Å². The van der Waals surface area contributed by atoms with Gasteiger partial charge in [0.25, 0.3) is 5.91 Å². The van der Waals surface area contributed by atoms with Gasteiger partial charge in [0, 0.05) is 35.0 Å². The van der Waals surface area contributed by atoms with Crippen LogP contribution in [0.1, 0.15) is 73.4 Å². The molecule has 1 amide bonds. The van der Waals surface area contributed by atoms with Crippen molar-refractivity contribution in [3.8, 4) is 5.75 Å². The first-order valence-corrected chi connectivity index (χ1v) is 19.4. The van der Waals surface area contributed by atoms with E-state index in [0.29, 0.717) is 49.4 Å². The molecule has 5 atom stereocenters. The molecule has 260 valence electrons. The third kappa shape index (κ3) is 6.51. The molecule has 0 aromatic heterocycles. The molecule has 9 nitrogen and oxygen atoms in total. The quantitative estimate of drug-likeness (QED) is 0.391. The summed E-state index contributed by atoms with van der Waals surface area (Å²) in [7, 11) is -2.07. The molecule has 2 bridgehead atoms. The van der Waals surface area contributed by atoms with Crippen LogP contribution in [0.3, 0.4) is 0 Å². The number of sulfonamides is 1. The molecule has 2 aromatic carbocycles. The number of fused-ring (bicyclic) bond motifs is 4. The van der Waals surface area contributed by atoms with Gasteiger partial charge in [-0.1, -0.05) is 29.8 Å². The van der Waals surface area contributed by atoms with E-state index in [1.165, 1.54) is 11.1 Å². The molecular formula is C37H48ClN3O6S. The van der Waals surface area contributed by atoms with E-state index < -0.39 is 21.2 Å². The fourth-order valence-electron chi connectivity index (χ4n) is 8.67. The smallest absolute Gasteiger partial charge is 0.264 e. The first kappa shape index (κ1) is 33.8. The minimum atomic E-state index is -4.00. The summed E-state index contributed by atoms with van der Waals surface area (Å²) in [6, 6.07) is 11.7. The number of amides is 1. The Balaban J connectivity index is 1.28. The van der Waals surface area contributed by atoms with Gasteiger partial charge in [0.05, 0.1) is 36.8 Å². The second-order valence-electron chi connectivity index (χ2n) is 14.6. The lowest BCUT2D eigenvalue weighted by atomic mass is 9.64. The van der Waals surface area contributed by atoms with Crippen LogP contribution >= 0.6 is 11.6 Å². The Bertz CT molecular complexity index is 1660. The van der Waals surface area contributed by atoms with Crippen molar-refractivity contribution in [1.29, 1.82) is 0 Å². The number of hydrogen-bond acceptors (Lipinski definition) is 8. The van der Waals surface area contributed by atoms with Gasteiger partial charge in [0.1, 0.15) is 5.75 Å². The van der Waals surface area contributed by atoms with Crippen LogP contribution in [0, 0.1) is 17.8 Å². The molecule has 5 aliphatic rings. The summed E-state index contributed by atoms with van der Waals surface area (Å²) in [6.07, 6.45) is 7.04. The van der Waals surface area contributed by atoms with Gasteiger partial charge in [-0.15, -0.1) is 0 Å². The summed E-state index contributed by atoms with van der Waals surface area (Å²) in [6.45, 7) is 8.96. The van der Waals surface area contributed by atoms with Crippen LogP contribution in [-0.2, 0) is 31.3 Å². The second-order valence-corrected chi connectivity index (χ2v) is 17.1. The molecule has 48 heavy (non-hydrogen) atoms. The molecule has 11 heteroatoms. The Labute approximate surface area is 289 Å². The summed E-state index contributed by atoms with van der Waals surface area (Å²) in [5.41, 5.74) is 4.00. The SMILES string of the molecule is C=C1CCC[C@H](C2OCC(NC)CO2)[C@@H]2CC[C@H]2CN2C[C@@]3(CCCc4cc(Cl)ccc43)COc3ccc(cc32)C(=O)NS(=O)(=O)[C@@H]1C. The maximum Gasteiger partial charge on any atom is 0.264 e. The molecule has 0 unspecified atom stereocenters. The minimum absolute atomic E-state index is 0.165. The van der Waals surface area contributed by atoms with Crippen molar-refractivity contribution < 1.29 is 27.4 Å². The van der Waals surface area contributed by atoms with Gasteiger partial charge in [-0.25, -0.2) is 13.1 Å². The van der Waals surface area contributed by atoms with E-state index in [0.717, 1.165) is 68.7 Å². The predicted octanol–water partition coefficient (Wildman–Crippen LogP) is 5.60. The van der Waals surface area contributed by atoms with Crippen molar-refractivity contribution in [1.82, 2.24) is 10.0 Å². The molecule has 1 saturated heterocycles. The average molecular weight is 698 g/mol. The molecule has 0 radical (unpaired) electrons. The van der Waals surface area contributed by atoms with Crippen LogP contribution in [0.4, 0.5) is 5.69 Å². The summed E-state index contributed by atoms with van der Waals surface area (Å²) in [5, 5.41) is 3.09. The van der Waals surface area contributed by atoms with Crippen LogP contribution in [0.25, 0.3) is 0 Å². The Kier molecular flexibility index (Phi) is 9.58. The van der Waals surface area contributed by atoms with E-state index in [4.69, 9.17) is 25.8 Å². The molecule has 1 saturated carbocycles. The molecule has 2 aromatic rings. The number of carbonyl (C=O) groups excluding carboxylic acids is 1. The fourth-order valence-corrected chi connectivity index (χ4v) is 9.98. The minimum Gasteiger partial charge on any atom is -0.490 e. The lowest BCUT2D eigenvalue weighted by molar-refractivity contribution is -0.231. The summed E-state index contributed by atoms with van der Waals surface area (Å²) < 4.78 is 48.5. The van der Waals surface area contributed by atoms with Gasteiger partial charge in [-0.2, -0.15) is 0 Å². The largest absolute Gasteiger partial charge is 0.490 e. The van der Waals surface area contributed by atoms with Crippen molar-refractivity contribution in [2.75, 3.05) is 44.9 Å². The first-order chi connectivity index (χ1) is 23.1. The number of likely N-dealkylation sites (N-methyl/N-ethyl adjacent to an activating group) is 1. The number of rotatable bonds is 2. The van der Waals surface area contributed by atoms with Gasteiger partial charge < -0.3 is 24.4 Å². The maximum atomic E-state index is 13.5. The topological polar surface area (TPSA) is 106 Å². The second kappa shape index (κ2) is 13.6. The highest BCUT2D eigenvalue weighted by molar-refractivity contribution is 7.90. The van der Waals surface area contributed by atoms with E-state index in [1.54, 1.807) is 13.0 Å². The van der Waals surface area contributed by atoms with Crippen LogP contribution in [-0.4, -0.2) is 71.9 Å². The zero-order valence-electron chi connectivity index (χ0n) is 28.0. The number of ether oxygens (including phenoxy) is 3. The van der Waals surface area contributed by atoms with Crippen LogP contribution in [0.2, 0.25) is 5.02 Å². The summed E-state index contributed by atoms with van der Waals surface area (Å²) in [4.78, 5) is 15.9.